The lowest BCUT2D eigenvalue weighted by Gasteiger charge is -2.37. The van der Waals surface area contributed by atoms with Crippen LogP contribution in [0, 0.1) is 5.82 Å². The fourth-order valence-corrected chi connectivity index (χ4v) is 4.09. The summed E-state index contributed by atoms with van der Waals surface area (Å²) in [5.74, 6) is -0.563. The molecule has 3 aromatic heterocycles. The lowest BCUT2D eigenvalue weighted by atomic mass is 10.1. The van der Waals surface area contributed by atoms with Crippen molar-refractivity contribution < 1.29 is 17.6 Å². The highest BCUT2D eigenvalue weighted by molar-refractivity contribution is 6.31. The molecule has 7 nitrogen and oxygen atoms in total. The van der Waals surface area contributed by atoms with Crippen molar-refractivity contribution in [1.82, 2.24) is 19.9 Å². The van der Waals surface area contributed by atoms with Gasteiger partial charge in [0.15, 0.2) is 5.69 Å². The third kappa shape index (κ3) is 5.04. The van der Waals surface area contributed by atoms with Crippen LogP contribution in [0.1, 0.15) is 5.69 Å². The first kappa shape index (κ1) is 23.0. The molecule has 0 radical (unpaired) electrons. The molecule has 1 fully saturated rings. The van der Waals surface area contributed by atoms with Gasteiger partial charge in [0, 0.05) is 54.5 Å². The molecule has 1 N–H and O–H groups in total. The highest BCUT2D eigenvalue weighted by Gasteiger charge is 2.34. The Labute approximate surface area is 202 Å². The van der Waals surface area contributed by atoms with Crippen LogP contribution >= 0.6 is 11.6 Å². The first-order chi connectivity index (χ1) is 16.8. The molecule has 0 saturated carbocycles. The first-order valence-corrected chi connectivity index (χ1v) is 11.0. The second-order valence-corrected chi connectivity index (χ2v) is 8.32. The minimum Gasteiger partial charge on any atom is -0.367 e. The quantitative estimate of drug-likeness (QED) is 0.379. The van der Waals surface area contributed by atoms with Gasteiger partial charge in [-0.3, -0.25) is 4.98 Å². The standard InChI is InChI=1S/C23H18ClF4N7/c24-14-1-3-16-17(11-14)29-6-5-18(16)34-7-9-35(10-8-34)21-12-19(23(26,27)28)31-22(33-21)32-20-4-2-15(25)13-30-20/h1-6,11-13H,7-10H2,(H,30,31,32,33). The van der Waals surface area contributed by atoms with E-state index in [0.717, 1.165) is 34.9 Å². The van der Waals surface area contributed by atoms with Gasteiger partial charge < -0.3 is 15.1 Å². The van der Waals surface area contributed by atoms with Crippen molar-refractivity contribution in [2.24, 2.45) is 0 Å². The fraction of sp³-hybridized carbons (Fsp3) is 0.217. The van der Waals surface area contributed by atoms with Crippen LogP contribution in [0.15, 0.2) is 54.9 Å². The summed E-state index contributed by atoms with van der Waals surface area (Å²) in [5.41, 5.74) is 0.675. The van der Waals surface area contributed by atoms with Crippen molar-refractivity contribution in [3.8, 4) is 0 Å². The largest absolute Gasteiger partial charge is 0.433 e. The molecule has 4 aromatic rings. The molecule has 1 aromatic carbocycles. The number of rotatable bonds is 4. The summed E-state index contributed by atoms with van der Waals surface area (Å²) in [6, 6.07) is 10.8. The summed E-state index contributed by atoms with van der Waals surface area (Å²) in [4.78, 5) is 20.0. The Bertz CT molecular complexity index is 1360. The average Bonchev–Trinajstić information content (AvgIpc) is 2.84. The second kappa shape index (κ2) is 9.14. The minimum atomic E-state index is -4.66. The molecule has 1 saturated heterocycles. The second-order valence-electron chi connectivity index (χ2n) is 7.89. The zero-order chi connectivity index (χ0) is 24.6. The topological polar surface area (TPSA) is 70.1 Å². The monoisotopic (exact) mass is 503 g/mol. The summed E-state index contributed by atoms with van der Waals surface area (Å²) in [6.45, 7) is 2.02. The molecule has 180 valence electrons. The number of nitrogens with zero attached hydrogens (tertiary/aromatic N) is 6. The van der Waals surface area contributed by atoms with E-state index in [0.29, 0.717) is 31.2 Å². The van der Waals surface area contributed by atoms with E-state index >= 15 is 0 Å². The molecule has 0 amide bonds. The lowest BCUT2D eigenvalue weighted by Crippen LogP contribution is -2.47. The zero-order valence-corrected chi connectivity index (χ0v) is 18.9. The number of fused-ring (bicyclic) bond motifs is 1. The van der Waals surface area contributed by atoms with Crippen LogP contribution in [0.5, 0.6) is 0 Å². The van der Waals surface area contributed by atoms with E-state index in [1.165, 1.54) is 6.07 Å². The maximum Gasteiger partial charge on any atom is 0.433 e. The Balaban J connectivity index is 1.38. The van der Waals surface area contributed by atoms with Gasteiger partial charge in [0.2, 0.25) is 5.95 Å². The van der Waals surface area contributed by atoms with Gasteiger partial charge in [-0.1, -0.05) is 11.6 Å². The summed E-state index contributed by atoms with van der Waals surface area (Å²) in [6.07, 6.45) is -2.00. The number of hydrogen-bond donors (Lipinski definition) is 1. The number of alkyl halides is 3. The number of benzene rings is 1. The minimum absolute atomic E-state index is 0.131. The van der Waals surface area contributed by atoms with E-state index in [1.807, 2.05) is 12.1 Å². The fourth-order valence-electron chi connectivity index (χ4n) is 3.92. The van der Waals surface area contributed by atoms with Crippen LogP contribution in [-0.4, -0.2) is 46.1 Å². The molecule has 0 atom stereocenters. The van der Waals surface area contributed by atoms with E-state index in [4.69, 9.17) is 11.6 Å². The molecule has 1 aliphatic heterocycles. The molecule has 12 heteroatoms. The van der Waals surface area contributed by atoms with Gasteiger partial charge in [0.1, 0.15) is 17.5 Å². The molecule has 1 aliphatic rings. The number of piperazine rings is 1. The van der Waals surface area contributed by atoms with E-state index < -0.39 is 17.7 Å². The highest BCUT2D eigenvalue weighted by atomic mass is 35.5. The predicted octanol–water partition coefficient (Wildman–Crippen LogP) is 5.30. The van der Waals surface area contributed by atoms with Crippen LogP contribution in [-0.2, 0) is 6.18 Å². The van der Waals surface area contributed by atoms with Gasteiger partial charge >= 0.3 is 6.18 Å². The average molecular weight is 504 g/mol. The number of anilines is 4. The molecule has 35 heavy (non-hydrogen) atoms. The highest BCUT2D eigenvalue weighted by Crippen LogP contribution is 2.32. The number of pyridine rings is 2. The van der Waals surface area contributed by atoms with Gasteiger partial charge in [0.25, 0.3) is 0 Å². The van der Waals surface area contributed by atoms with Crippen molar-refractivity contribution in [3.05, 3.63) is 71.4 Å². The molecule has 0 aliphatic carbocycles. The smallest absolute Gasteiger partial charge is 0.367 e. The van der Waals surface area contributed by atoms with Crippen molar-refractivity contribution >= 4 is 45.8 Å². The van der Waals surface area contributed by atoms with Crippen LogP contribution in [0.2, 0.25) is 5.02 Å². The molecular weight excluding hydrogens is 486 g/mol. The summed E-state index contributed by atoms with van der Waals surface area (Å²) in [5, 5.41) is 4.17. The summed E-state index contributed by atoms with van der Waals surface area (Å²) in [7, 11) is 0. The van der Waals surface area contributed by atoms with Crippen molar-refractivity contribution in [1.29, 1.82) is 0 Å². The van der Waals surface area contributed by atoms with Gasteiger partial charge in [0.05, 0.1) is 11.7 Å². The predicted molar refractivity (Wildman–Crippen MR) is 126 cm³/mol. The first-order valence-electron chi connectivity index (χ1n) is 10.7. The molecule has 5 rings (SSSR count). The third-order valence-corrected chi connectivity index (χ3v) is 5.83. The van der Waals surface area contributed by atoms with Gasteiger partial charge in [-0.15, -0.1) is 0 Å². The Morgan fingerprint density at radius 2 is 1.66 bits per heavy atom. The van der Waals surface area contributed by atoms with E-state index in [9.17, 15) is 17.6 Å². The van der Waals surface area contributed by atoms with Crippen LogP contribution in [0.25, 0.3) is 10.9 Å². The number of aromatic nitrogens is 4. The molecule has 0 spiro atoms. The van der Waals surface area contributed by atoms with E-state index in [-0.39, 0.29) is 17.6 Å². The molecule has 4 heterocycles. The van der Waals surface area contributed by atoms with Crippen LogP contribution in [0.3, 0.4) is 0 Å². The summed E-state index contributed by atoms with van der Waals surface area (Å²) < 4.78 is 53.7. The lowest BCUT2D eigenvalue weighted by molar-refractivity contribution is -0.141. The maximum atomic E-state index is 13.5. The van der Waals surface area contributed by atoms with Crippen molar-refractivity contribution in [3.63, 3.8) is 0 Å². The Morgan fingerprint density at radius 3 is 2.37 bits per heavy atom. The molecule has 0 bridgehead atoms. The Morgan fingerprint density at radius 1 is 0.886 bits per heavy atom. The van der Waals surface area contributed by atoms with E-state index in [2.05, 4.69) is 30.2 Å². The van der Waals surface area contributed by atoms with Crippen LogP contribution in [0.4, 0.5) is 40.8 Å². The number of halogens is 5. The number of hydrogen-bond acceptors (Lipinski definition) is 7. The molecular formula is C23H18ClF4N7. The van der Waals surface area contributed by atoms with Crippen molar-refractivity contribution in [2.45, 2.75) is 6.18 Å². The normalized spacial score (nSPS) is 14.4. The van der Waals surface area contributed by atoms with E-state index in [1.54, 1.807) is 23.2 Å². The summed E-state index contributed by atoms with van der Waals surface area (Å²) >= 11 is 6.08. The number of nitrogens with one attached hydrogen (secondary N) is 1. The van der Waals surface area contributed by atoms with Crippen molar-refractivity contribution in [2.75, 3.05) is 41.3 Å². The van der Waals surface area contributed by atoms with Gasteiger partial charge in [-0.2, -0.15) is 18.2 Å². The SMILES string of the molecule is Fc1ccc(Nc2nc(N3CCN(c4ccnc5cc(Cl)ccc45)CC3)cc(C(F)(F)F)n2)nc1. The van der Waals surface area contributed by atoms with Gasteiger partial charge in [-0.25, -0.2) is 14.4 Å². The van der Waals surface area contributed by atoms with Crippen LogP contribution < -0.4 is 15.1 Å². The third-order valence-electron chi connectivity index (χ3n) is 5.60. The van der Waals surface area contributed by atoms with Gasteiger partial charge in [-0.05, 0) is 36.4 Å². The Hall–Kier alpha value is -3.73. The zero-order valence-electron chi connectivity index (χ0n) is 18.1. The Kier molecular flexibility index (Phi) is 6.01. The molecule has 0 unspecified atom stereocenters. The maximum absolute atomic E-state index is 13.5.